The molecule has 0 amide bonds. The van der Waals surface area contributed by atoms with Crippen LogP contribution in [-0.2, 0) is 6.42 Å². The van der Waals surface area contributed by atoms with E-state index in [9.17, 15) is 8.78 Å². The van der Waals surface area contributed by atoms with Crippen molar-refractivity contribution in [1.82, 2.24) is 5.32 Å². The Hall–Kier alpha value is -0.960. The molecule has 0 radical (unpaired) electrons. The molecule has 1 N–H and O–H groups in total. The molecule has 16 heavy (non-hydrogen) atoms. The standard InChI is InChI=1S/C13H17F2N/c14-12-5-6-13(15)11(8-12)4-3-10-2-1-7-16-9-10/h5-6,8,10,16H,1-4,7,9H2. The lowest BCUT2D eigenvalue weighted by molar-refractivity contribution is 0.356. The monoisotopic (exact) mass is 225 g/mol. The lowest BCUT2D eigenvalue weighted by Crippen LogP contribution is -2.29. The predicted octanol–water partition coefficient (Wildman–Crippen LogP) is 2.90. The molecule has 0 saturated carbocycles. The van der Waals surface area contributed by atoms with Gasteiger partial charge < -0.3 is 5.32 Å². The molecule has 1 aliphatic heterocycles. The van der Waals surface area contributed by atoms with Crippen LogP contribution in [-0.4, -0.2) is 13.1 Å². The topological polar surface area (TPSA) is 12.0 Å². The Morgan fingerprint density at radius 2 is 2.19 bits per heavy atom. The van der Waals surface area contributed by atoms with Crippen LogP contribution in [0.4, 0.5) is 8.78 Å². The second-order valence-electron chi connectivity index (χ2n) is 4.49. The van der Waals surface area contributed by atoms with Crippen molar-refractivity contribution in [2.75, 3.05) is 13.1 Å². The van der Waals surface area contributed by atoms with Gasteiger partial charge in [-0.3, -0.25) is 0 Å². The van der Waals surface area contributed by atoms with Gasteiger partial charge in [0.1, 0.15) is 11.6 Å². The van der Waals surface area contributed by atoms with Gasteiger partial charge in [-0.15, -0.1) is 0 Å². The predicted molar refractivity (Wildman–Crippen MR) is 60.3 cm³/mol. The minimum absolute atomic E-state index is 0.287. The first-order valence-electron chi connectivity index (χ1n) is 5.90. The first kappa shape index (κ1) is 11.5. The van der Waals surface area contributed by atoms with Gasteiger partial charge in [0.05, 0.1) is 0 Å². The van der Waals surface area contributed by atoms with Crippen LogP contribution in [0.15, 0.2) is 18.2 Å². The summed E-state index contributed by atoms with van der Waals surface area (Å²) >= 11 is 0. The average molecular weight is 225 g/mol. The first-order valence-corrected chi connectivity index (χ1v) is 5.90. The van der Waals surface area contributed by atoms with Gasteiger partial charge in [-0.1, -0.05) is 0 Å². The van der Waals surface area contributed by atoms with Crippen molar-refractivity contribution in [3.63, 3.8) is 0 Å². The van der Waals surface area contributed by atoms with Gasteiger partial charge in [-0.2, -0.15) is 0 Å². The number of piperidine rings is 1. The van der Waals surface area contributed by atoms with Gasteiger partial charge in [0.2, 0.25) is 0 Å². The van der Waals surface area contributed by atoms with E-state index >= 15 is 0 Å². The largest absolute Gasteiger partial charge is 0.316 e. The summed E-state index contributed by atoms with van der Waals surface area (Å²) < 4.78 is 26.3. The van der Waals surface area contributed by atoms with E-state index in [2.05, 4.69) is 5.32 Å². The lowest BCUT2D eigenvalue weighted by Gasteiger charge is -2.22. The zero-order valence-corrected chi connectivity index (χ0v) is 9.31. The fourth-order valence-corrected chi connectivity index (χ4v) is 2.26. The molecule has 1 fully saturated rings. The zero-order chi connectivity index (χ0) is 11.4. The Bertz CT molecular complexity index is 346. The van der Waals surface area contributed by atoms with Crippen molar-refractivity contribution in [3.05, 3.63) is 35.4 Å². The van der Waals surface area contributed by atoms with Crippen LogP contribution in [0.1, 0.15) is 24.8 Å². The summed E-state index contributed by atoms with van der Waals surface area (Å²) in [5.74, 6) is -0.0280. The number of benzene rings is 1. The maximum absolute atomic E-state index is 13.3. The molecule has 1 aromatic carbocycles. The second kappa shape index (κ2) is 5.39. The van der Waals surface area contributed by atoms with Crippen LogP contribution in [0.5, 0.6) is 0 Å². The Labute approximate surface area is 94.9 Å². The van der Waals surface area contributed by atoms with Crippen molar-refractivity contribution in [2.24, 2.45) is 5.92 Å². The summed E-state index contributed by atoms with van der Waals surface area (Å²) in [4.78, 5) is 0. The molecule has 0 spiro atoms. The van der Waals surface area contributed by atoms with Gasteiger partial charge >= 0.3 is 0 Å². The van der Waals surface area contributed by atoms with Crippen LogP contribution < -0.4 is 5.32 Å². The highest BCUT2D eigenvalue weighted by atomic mass is 19.1. The molecule has 2 rings (SSSR count). The number of aryl methyl sites for hydroxylation is 1. The van der Waals surface area contributed by atoms with Crippen LogP contribution >= 0.6 is 0 Å². The molecule has 1 unspecified atom stereocenters. The van der Waals surface area contributed by atoms with Crippen molar-refractivity contribution in [2.45, 2.75) is 25.7 Å². The maximum atomic E-state index is 13.3. The van der Waals surface area contributed by atoms with Gasteiger partial charge in [0.25, 0.3) is 0 Å². The fraction of sp³-hybridized carbons (Fsp3) is 0.538. The van der Waals surface area contributed by atoms with E-state index in [1.807, 2.05) is 0 Å². The molecular weight excluding hydrogens is 208 g/mol. The SMILES string of the molecule is Fc1ccc(F)c(CCC2CCCNC2)c1. The van der Waals surface area contributed by atoms with Gasteiger partial charge in [-0.25, -0.2) is 8.78 Å². The fourth-order valence-electron chi connectivity index (χ4n) is 2.26. The Balaban J connectivity index is 1.90. The minimum Gasteiger partial charge on any atom is -0.316 e. The molecule has 1 saturated heterocycles. The molecule has 0 aromatic heterocycles. The van der Waals surface area contributed by atoms with Crippen molar-refractivity contribution >= 4 is 0 Å². The van der Waals surface area contributed by atoms with Gasteiger partial charge in [0.15, 0.2) is 0 Å². The second-order valence-corrected chi connectivity index (χ2v) is 4.49. The number of rotatable bonds is 3. The molecule has 3 heteroatoms. The van der Waals surface area contributed by atoms with Gasteiger partial charge in [0, 0.05) is 0 Å². The van der Waals surface area contributed by atoms with E-state index in [4.69, 9.17) is 0 Å². The molecule has 0 bridgehead atoms. The normalized spacial score (nSPS) is 21.0. The third-order valence-electron chi connectivity index (χ3n) is 3.23. The number of halogens is 2. The molecule has 1 aliphatic rings. The summed E-state index contributed by atoms with van der Waals surface area (Å²) in [6.07, 6.45) is 3.96. The zero-order valence-electron chi connectivity index (χ0n) is 9.31. The number of hydrogen-bond donors (Lipinski definition) is 1. The summed E-state index contributed by atoms with van der Waals surface area (Å²) in [6, 6.07) is 3.69. The summed E-state index contributed by atoms with van der Waals surface area (Å²) in [7, 11) is 0. The van der Waals surface area contributed by atoms with Crippen LogP contribution in [0.3, 0.4) is 0 Å². The highest BCUT2D eigenvalue weighted by Crippen LogP contribution is 2.19. The maximum Gasteiger partial charge on any atom is 0.126 e. The summed E-state index contributed by atoms with van der Waals surface area (Å²) in [5.41, 5.74) is 0.505. The molecule has 1 heterocycles. The van der Waals surface area contributed by atoms with Crippen molar-refractivity contribution < 1.29 is 8.78 Å². The van der Waals surface area contributed by atoms with E-state index in [-0.39, 0.29) is 11.6 Å². The Kier molecular flexibility index (Phi) is 3.88. The van der Waals surface area contributed by atoms with E-state index in [1.165, 1.54) is 31.0 Å². The molecular formula is C13H17F2N. The Morgan fingerprint density at radius 1 is 1.31 bits per heavy atom. The number of hydrogen-bond acceptors (Lipinski definition) is 1. The molecule has 88 valence electrons. The first-order chi connectivity index (χ1) is 7.75. The van der Waals surface area contributed by atoms with E-state index in [1.54, 1.807) is 0 Å². The van der Waals surface area contributed by atoms with Crippen molar-refractivity contribution in [3.8, 4) is 0 Å². The quantitative estimate of drug-likeness (QED) is 0.834. The highest BCUT2D eigenvalue weighted by Gasteiger charge is 2.13. The third-order valence-corrected chi connectivity index (χ3v) is 3.23. The molecule has 1 atom stereocenters. The molecule has 1 aromatic rings. The van der Waals surface area contributed by atoms with Crippen LogP contribution in [0, 0.1) is 17.6 Å². The van der Waals surface area contributed by atoms with E-state index in [0.717, 1.165) is 19.5 Å². The number of nitrogens with one attached hydrogen (secondary N) is 1. The van der Waals surface area contributed by atoms with Gasteiger partial charge in [-0.05, 0) is 68.5 Å². The third kappa shape index (κ3) is 3.01. The lowest BCUT2D eigenvalue weighted by atomic mass is 9.92. The molecule has 0 aliphatic carbocycles. The smallest absolute Gasteiger partial charge is 0.126 e. The summed E-state index contributed by atoms with van der Waals surface area (Å²) in [5, 5.41) is 3.33. The van der Waals surface area contributed by atoms with E-state index in [0.29, 0.717) is 17.9 Å². The van der Waals surface area contributed by atoms with Crippen LogP contribution in [0.25, 0.3) is 0 Å². The highest BCUT2D eigenvalue weighted by molar-refractivity contribution is 5.18. The van der Waals surface area contributed by atoms with Crippen LogP contribution in [0.2, 0.25) is 0 Å². The minimum atomic E-state index is -0.349. The average Bonchev–Trinajstić information content (AvgIpc) is 2.32. The molecule has 1 nitrogen and oxygen atoms in total. The summed E-state index contributed by atoms with van der Waals surface area (Å²) in [6.45, 7) is 2.10. The Morgan fingerprint density at radius 3 is 2.94 bits per heavy atom. The van der Waals surface area contributed by atoms with E-state index < -0.39 is 0 Å². The van der Waals surface area contributed by atoms with Crippen molar-refractivity contribution in [1.29, 1.82) is 0 Å².